The first-order valence-corrected chi connectivity index (χ1v) is 12.6. The molecule has 4 aromatic rings. The van der Waals surface area contributed by atoms with Gasteiger partial charge in [0.05, 0.1) is 23.5 Å². The lowest BCUT2D eigenvalue weighted by Crippen LogP contribution is -2.32. The summed E-state index contributed by atoms with van der Waals surface area (Å²) in [5.41, 5.74) is 5.38. The SMILES string of the molecule is O=c1c2c(n(-c3ccc(CCO)cc3)n1Cc1ccc(Cl)cc1)CCN(Cc1cc(F)cc(Cl)c1)C2. The van der Waals surface area contributed by atoms with Crippen LogP contribution in [0.2, 0.25) is 10.0 Å². The van der Waals surface area contributed by atoms with Crippen molar-refractivity contribution in [1.82, 2.24) is 14.3 Å². The number of aliphatic hydroxyl groups is 1. The highest BCUT2D eigenvalue weighted by molar-refractivity contribution is 6.30. The van der Waals surface area contributed by atoms with Crippen molar-refractivity contribution in [2.45, 2.75) is 32.5 Å². The van der Waals surface area contributed by atoms with Crippen LogP contribution in [0.3, 0.4) is 0 Å². The molecule has 0 amide bonds. The number of halogens is 3. The van der Waals surface area contributed by atoms with E-state index in [4.69, 9.17) is 23.2 Å². The van der Waals surface area contributed by atoms with Gasteiger partial charge in [0.1, 0.15) is 5.82 Å². The number of nitrogens with zero attached hydrogens (tertiary/aromatic N) is 3. The van der Waals surface area contributed by atoms with E-state index in [1.165, 1.54) is 12.1 Å². The Morgan fingerprint density at radius 3 is 2.28 bits per heavy atom. The number of aromatic nitrogens is 2. The van der Waals surface area contributed by atoms with Crippen LogP contribution in [-0.4, -0.2) is 32.5 Å². The van der Waals surface area contributed by atoms with Crippen molar-refractivity contribution in [2.75, 3.05) is 13.2 Å². The Balaban J connectivity index is 1.52. The summed E-state index contributed by atoms with van der Waals surface area (Å²) in [7, 11) is 0. The minimum atomic E-state index is -0.365. The second-order valence-electron chi connectivity index (χ2n) is 9.10. The molecule has 0 radical (unpaired) electrons. The predicted molar refractivity (Wildman–Crippen MR) is 141 cm³/mol. The molecule has 3 aromatic carbocycles. The molecule has 8 heteroatoms. The van der Waals surface area contributed by atoms with Gasteiger partial charge in [-0.1, -0.05) is 47.5 Å². The molecule has 5 rings (SSSR count). The van der Waals surface area contributed by atoms with E-state index in [0.29, 0.717) is 42.5 Å². The summed E-state index contributed by atoms with van der Waals surface area (Å²) < 4.78 is 17.7. The van der Waals surface area contributed by atoms with E-state index in [9.17, 15) is 14.3 Å². The first-order chi connectivity index (χ1) is 17.4. The molecule has 0 spiro atoms. The van der Waals surface area contributed by atoms with Crippen LogP contribution in [0.5, 0.6) is 0 Å². The monoisotopic (exact) mass is 525 g/mol. The minimum absolute atomic E-state index is 0.0404. The highest BCUT2D eigenvalue weighted by atomic mass is 35.5. The largest absolute Gasteiger partial charge is 0.396 e. The van der Waals surface area contributed by atoms with Crippen molar-refractivity contribution in [3.63, 3.8) is 0 Å². The highest BCUT2D eigenvalue weighted by Crippen LogP contribution is 2.24. The Morgan fingerprint density at radius 2 is 1.58 bits per heavy atom. The van der Waals surface area contributed by atoms with Crippen LogP contribution in [0.4, 0.5) is 4.39 Å². The summed E-state index contributed by atoms with van der Waals surface area (Å²) in [6.45, 7) is 2.20. The normalized spacial score (nSPS) is 13.7. The van der Waals surface area contributed by atoms with Crippen molar-refractivity contribution >= 4 is 23.2 Å². The van der Waals surface area contributed by atoms with Gasteiger partial charge in [0, 0.05) is 42.7 Å². The molecular weight excluding hydrogens is 500 g/mol. The van der Waals surface area contributed by atoms with Gasteiger partial charge in [-0.05, 0) is 65.6 Å². The first kappa shape index (κ1) is 24.8. The van der Waals surface area contributed by atoms with Gasteiger partial charge in [0.2, 0.25) is 0 Å². The van der Waals surface area contributed by atoms with E-state index in [1.54, 1.807) is 10.7 Å². The van der Waals surface area contributed by atoms with Crippen LogP contribution in [0, 0.1) is 5.82 Å². The van der Waals surface area contributed by atoms with Crippen molar-refractivity contribution in [1.29, 1.82) is 0 Å². The molecule has 0 unspecified atom stereocenters. The minimum Gasteiger partial charge on any atom is -0.396 e. The van der Waals surface area contributed by atoms with Gasteiger partial charge in [-0.2, -0.15) is 0 Å². The second kappa shape index (κ2) is 10.6. The molecule has 1 aromatic heterocycles. The summed E-state index contributed by atoms with van der Waals surface area (Å²) in [6, 6.07) is 20.0. The molecule has 5 nitrogen and oxygen atoms in total. The van der Waals surface area contributed by atoms with Gasteiger partial charge in [0.15, 0.2) is 0 Å². The molecule has 36 heavy (non-hydrogen) atoms. The van der Waals surface area contributed by atoms with Crippen LogP contribution in [0.15, 0.2) is 71.5 Å². The van der Waals surface area contributed by atoms with Gasteiger partial charge >= 0.3 is 0 Å². The maximum atomic E-state index is 13.9. The summed E-state index contributed by atoms with van der Waals surface area (Å²) in [6.07, 6.45) is 1.26. The zero-order valence-electron chi connectivity index (χ0n) is 19.6. The van der Waals surface area contributed by atoms with Gasteiger partial charge in [0.25, 0.3) is 5.56 Å². The molecule has 0 saturated carbocycles. The van der Waals surface area contributed by atoms with Crippen LogP contribution in [-0.2, 0) is 32.5 Å². The molecule has 0 aliphatic carbocycles. The van der Waals surface area contributed by atoms with E-state index in [2.05, 4.69) is 4.90 Å². The van der Waals surface area contributed by atoms with E-state index in [1.807, 2.05) is 53.2 Å². The molecule has 0 saturated heterocycles. The average molecular weight is 526 g/mol. The van der Waals surface area contributed by atoms with Crippen LogP contribution >= 0.6 is 23.2 Å². The van der Waals surface area contributed by atoms with Gasteiger partial charge in [-0.25, -0.2) is 9.07 Å². The molecule has 1 aliphatic heterocycles. The molecular formula is C28H26Cl2FN3O2. The summed E-state index contributed by atoms with van der Waals surface area (Å²) in [5.74, 6) is -0.365. The summed E-state index contributed by atoms with van der Waals surface area (Å²) >= 11 is 12.1. The topological polar surface area (TPSA) is 50.4 Å². The molecule has 2 heterocycles. The number of hydrogen-bond acceptors (Lipinski definition) is 3. The predicted octanol–water partition coefficient (Wildman–Crippen LogP) is 5.23. The van der Waals surface area contributed by atoms with Crippen molar-refractivity contribution in [3.05, 3.63) is 121 Å². The fourth-order valence-corrected chi connectivity index (χ4v) is 5.23. The lowest BCUT2D eigenvalue weighted by Gasteiger charge is -2.27. The molecule has 0 bridgehead atoms. The molecule has 0 fully saturated rings. The number of aliphatic hydroxyl groups excluding tert-OH is 1. The third kappa shape index (κ3) is 5.27. The van der Waals surface area contributed by atoms with E-state index in [0.717, 1.165) is 40.2 Å². The lowest BCUT2D eigenvalue weighted by atomic mass is 10.1. The Labute approximate surface area is 218 Å². The first-order valence-electron chi connectivity index (χ1n) is 11.9. The van der Waals surface area contributed by atoms with E-state index in [-0.39, 0.29) is 18.0 Å². The van der Waals surface area contributed by atoms with Crippen LogP contribution in [0.25, 0.3) is 5.69 Å². The Morgan fingerprint density at radius 1 is 0.861 bits per heavy atom. The molecule has 1 N–H and O–H groups in total. The Bertz CT molecular complexity index is 1410. The summed E-state index contributed by atoms with van der Waals surface area (Å²) in [5, 5.41) is 10.3. The number of rotatable bonds is 7. The summed E-state index contributed by atoms with van der Waals surface area (Å²) in [4.78, 5) is 15.9. The van der Waals surface area contributed by atoms with Crippen molar-refractivity contribution in [2.24, 2.45) is 0 Å². The standard InChI is InChI=1S/C28H26Cl2FN3O2/c29-22-5-1-20(2-6-22)17-33-28(36)26-18-32(16-21-13-23(30)15-24(31)14-21)11-9-27(26)34(33)25-7-3-19(4-8-25)10-12-35/h1-8,13-15,35H,9-12,16-18H2. The average Bonchev–Trinajstić information content (AvgIpc) is 3.11. The van der Waals surface area contributed by atoms with E-state index >= 15 is 0 Å². The maximum Gasteiger partial charge on any atom is 0.272 e. The zero-order valence-corrected chi connectivity index (χ0v) is 21.1. The quantitative estimate of drug-likeness (QED) is 0.359. The van der Waals surface area contributed by atoms with Crippen molar-refractivity contribution in [3.8, 4) is 5.69 Å². The molecule has 1 aliphatic rings. The van der Waals surface area contributed by atoms with Crippen molar-refractivity contribution < 1.29 is 9.50 Å². The lowest BCUT2D eigenvalue weighted by molar-refractivity contribution is 0.242. The Kier molecular flexibility index (Phi) is 7.30. The maximum absolute atomic E-state index is 13.9. The van der Waals surface area contributed by atoms with Crippen LogP contribution < -0.4 is 5.56 Å². The number of benzene rings is 3. The third-order valence-electron chi connectivity index (χ3n) is 6.54. The molecule has 186 valence electrons. The second-order valence-corrected chi connectivity index (χ2v) is 9.98. The van der Waals surface area contributed by atoms with Crippen LogP contribution in [0.1, 0.15) is 27.9 Å². The zero-order chi connectivity index (χ0) is 25.2. The third-order valence-corrected chi connectivity index (χ3v) is 7.01. The van der Waals surface area contributed by atoms with E-state index < -0.39 is 0 Å². The number of fused-ring (bicyclic) bond motifs is 1. The smallest absolute Gasteiger partial charge is 0.272 e. The number of hydrogen-bond donors (Lipinski definition) is 1. The van der Waals surface area contributed by atoms with Gasteiger partial charge in [-0.3, -0.25) is 14.4 Å². The Hall–Kier alpha value is -2.90. The molecule has 0 atom stereocenters. The van der Waals surface area contributed by atoms with Gasteiger partial charge in [-0.15, -0.1) is 0 Å². The fraction of sp³-hybridized carbons (Fsp3) is 0.250. The fourth-order valence-electron chi connectivity index (χ4n) is 4.85. The highest BCUT2D eigenvalue weighted by Gasteiger charge is 2.27. The van der Waals surface area contributed by atoms with Gasteiger partial charge < -0.3 is 5.11 Å².